The Morgan fingerprint density at radius 3 is 2.72 bits per heavy atom. The second-order valence-electron chi connectivity index (χ2n) is 11.8. The lowest BCUT2D eigenvalue weighted by molar-refractivity contribution is -0.141. The maximum absolute atomic E-state index is 13.4. The molecule has 2 aliphatic rings. The molecule has 2 fully saturated rings. The summed E-state index contributed by atoms with van der Waals surface area (Å²) >= 11 is 0. The third-order valence-electron chi connectivity index (χ3n) is 8.01. The second kappa shape index (κ2) is 10.8. The molecule has 2 heterocycles. The molecule has 1 aliphatic heterocycles. The number of methoxy groups -OCH3 is 1. The molecule has 1 aromatic carbocycles. The number of nitrogens with two attached hydrogens (primary N) is 1. The summed E-state index contributed by atoms with van der Waals surface area (Å²) in [4.78, 5) is 20.0. The van der Waals surface area contributed by atoms with E-state index in [1.165, 1.54) is 0 Å². The number of nitrogens with zero attached hydrogens (tertiary/aromatic N) is 2. The number of para-hydroxylation sites is 1. The van der Waals surface area contributed by atoms with Crippen LogP contribution in [0.25, 0.3) is 11.1 Å². The van der Waals surface area contributed by atoms with Crippen LogP contribution in [0.5, 0.6) is 0 Å². The Hall–Kier alpha value is -2.00. The molecule has 8 heteroatoms. The van der Waals surface area contributed by atoms with Crippen LogP contribution in [0.3, 0.4) is 0 Å². The smallest absolute Gasteiger partial charge is 0.225 e. The van der Waals surface area contributed by atoms with E-state index in [9.17, 15) is 15.0 Å². The number of aliphatic hydroxyl groups is 2. The zero-order chi connectivity index (χ0) is 26.1. The molecule has 1 amide bonds. The summed E-state index contributed by atoms with van der Waals surface area (Å²) in [5.74, 6) is 0.284. The Morgan fingerprint density at radius 2 is 2.06 bits per heavy atom. The van der Waals surface area contributed by atoms with Gasteiger partial charge < -0.3 is 30.0 Å². The maximum atomic E-state index is 13.4. The van der Waals surface area contributed by atoms with Gasteiger partial charge in [-0.05, 0) is 51.0 Å². The fraction of sp³-hybridized carbons (Fsp3) is 0.714. The monoisotopic (exact) mass is 501 g/mol. The predicted octanol–water partition coefficient (Wildman–Crippen LogP) is 3.47. The first-order chi connectivity index (χ1) is 17.0. The molecule has 0 radical (unpaired) electrons. The van der Waals surface area contributed by atoms with E-state index in [4.69, 9.17) is 19.9 Å². The summed E-state index contributed by atoms with van der Waals surface area (Å²) < 4.78 is 11.5. The van der Waals surface area contributed by atoms with Gasteiger partial charge in [0, 0.05) is 55.7 Å². The van der Waals surface area contributed by atoms with Crippen LogP contribution in [-0.4, -0.2) is 65.0 Å². The van der Waals surface area contributed by atoms with Crippen molar-refractivity contribution in [2.24, 2.45) is 17.6 Å². The van der Waals surface area contributed by atoms with E-state index in [-0.39, 0.29) is 29.2 Å². The van der Waals surface area contributed by atoms with Gasteiger partial charge in [0.25, 0.3) is 0 Å². The Bertz CT molecular complexity index is 1040. The minimum absolute atomic E-state index is 0.0429. The highest BCUT2D eigenvalue weighted by Gasteiger charge is 2.45. The van der Waals surface area contributed by atoms with E-state index in [0.717, 1.165) is 36.8 Å². The predicted molar refractivity (Wildman–Crippen MR) is 138 cm³/mol. The highest BCUT2D eigenvalue weighted by Crippen LogP contribution is 2.43. The highest BCUT2D eigenvalue weighted by molar-refractivity contribution is 5.80. The van der Waals surface area contributed by atoms with Crippen molar-refractivity contribution in [2.75, 3.05) is 26.8 Å². The fourth-order valence-electron chi connectivity index (χ4n) is 5.89. The highest BCUT2D eigenvalue weighted by atomic mass is 16.5. The topological polar surface area (TPSA) is 122 Å². The molecule has 1 aliphatic carbocycles. The number of unbranched alkanes of at least 4 members (excludes halogenated alkanes) is 1. The summed E-state index contributed by atoms with van der Waals surface area (Å²) in [7, 11) is 1.69. The zero-order valence-corrected chi connectivity index (χ0v) is 22.2. The van der Waals surface area contributed by atoms with Crippen molar-refractivity contribution in [1.82, 2.24) is 9.88 Å². The Balaban J connectivity index is 1.65. The standard InChI is InChI=1S/C28H43N3O5/c1-27(2,3)26-30-22-11-7-10-20(24(22)36-26)28(34,12-5-6-14-35-4)19-9-8-13-31(17-19)25(33)18-15-21(29)23(32)16-18/h7,10-11,18-19,21,23,32,34H,5-6,8-9,12-17,29H2,1-4H3/t18-,19?,21+,23-,28-/m0/s1. The van der Waals surface area contributed by atoms with Gasteiger partial charge in [0.15, 0.2) is 5.58 Å². The Kier molecular flexibility index (Phi) is 8.10. The van der Waals surface area contributed by atoms with Crippen LogP contribution >= 0.6 is 0 Å². The van der Waals surface area contributed by atoms with Crippen LogP contribution < -0.4 is 5.73 Å². The van der Waals surface area contributed by atoms with Gasteiger partial charge in [0.2, 0.25) is 11.8 Å². The molecule has 1 saturated heterocycles. The minimum Gasteiger partial charge on any atom is -0.440 e. The average Bonchev–Trinajstić information content (AvgIpc) is 3.44. The molecule has 5 atom stereocenters. The van der Waals surface area contributed by atoms with Crippen LogP contribution in [0.15, 0.2) is 22.6 Å². The van der Waals surface area contributed by atoms with Gasteiger partial charge in [-0.1, -0.05) is 32.9 Å². The van der Waals surface area contributed by atoms with Gasteiger partial charge in [-0.25, -0.2) is 4.98 Å². The summed E-state index contributed by atoms with van der Waals surface area (Å²) in [6, 6.07) is 5.45. The largest absolute Gasteiger partial charge is 0.440 e. The van der Waals surface area contributed by atoms with Gasteiger partial charge in [-0.15, -0.1) is 0 Å². The third-order valence-corrected chi connectivity index (χ3v) is 8.01. The number of fused-ring (bicyclic) bond motifs is 1. The van der Waals surface area contributed by atoms with Crippen molar-refractivity contribution in [3.05, 3.63) is 29.7 Å². The number of piperidine rings is 1. The van der Waals surface area contributed by atoms with Crippen molar-refractivity contribution in [1.29, 1.82) is 0 Å². The number of aliphatic hydroxyl groups excluding tert-OH is 1. The van der Waals surface area contributed by atoms with E-state index >= 15 is 0 Å². The molecule has 0 bridgehead atoms. The van der Waals surface area contributed by atoms with Crippen molar-refractivity contribution in [3.63, 3.8) is 0 Å². The first-order valence-electron chi connectivity index (χ1n) is 13.4. The Morgan fingerprint density at radius 1 is 1.28 bits per heavy atom. The van der Waals surface area contributed by atoms with Gasteiger partial charge in [0.05, 0.1) is 11.7 Å². The SMILES string of the molecule is COCCCC[C@@](O)(c1cccc2nc(C(C)(C)C)oc12)C1CCCN(C(=O)[C@H]2C[C@@H](N)[C@@H](O)C2)C1. The number of likely N-dealkylation sites (tertiary alicyclic amines) is 1. The van der Waals surface area contributed by atoms with E-state index in [2.05, 4.69) is 20.8 Å². The minimum atomic E-state index is -1.17. The van der Waals surface area contributed by atoms with E-state index in [0.29, 0.717) is 50.4 Å². The first kappa shape index (κ1) is 27.0. The molecule has 1 aromatic heterocycles. The van der Waals surface area contributed by atoms with Crippen LogP contribution in [0.2, 0.25) is 0 Å². The van der Waals surface area contributed by atoms with Crippen molar-refractivity contribution >= 4 is 17.0 Å². The first-order valence-corrected chi connectivity index (χ1v) is 13.4. The van der Waals surface area contributed by atoms with Gasteiger partial charge >= 0.3 is 0 Å². The number of ether oxygens (including phenoxy) is 1. The number of carbonyl (C=O) groups is 1. The number of oxazole rings is 1. The van der Waals surface area contributed by atoms with Crippen molar-refractivity contribution in [3.8, 4) is 0 Å². The van der Waals surface area contributed by atoms with Gasteiger partial charge in [0.1, 0.15) is 5.52 Å². The lowest BCUT2D eigenvalue weighted by atomic mass is 9.73. The van der Waals surface area contributed by atoms with Crippen molar-refractivity contribution in [2.45, 2.75) is 88.9 Å². The molecule has 1 unspecified atom stereocenters. The molecule has 0 spiro atoms. The number of hydrogen-bond acceptors (Lipinski definition) is 7. The van der Waals surface area contributed by atoms with Crippen LogP contribution in [0.1, 0.15) is 77.2 Å². The lowest BCUT2D eigenvalue weighted by Crippen LogP contribution is -2.49. The number of aromatic nitrogens is 1. The summed E-state index contributed by atoms with van der Waals surface area (Å²) in [5.41, 5.74) is 6.67. The third kappa shape index (κ3) is 5.47. The van der Waals surface area contributed by atoms with Crippen LogP contribution in [0, 0.1) is 11.8 Å². The number of benzene rings is 1. The number of rotatable bonds is 8. The quantitative estimate of drug-likeness (QED) is 0.474. The molecule has 2 aromatic rings. The lowest BCUT2D eigenvalue weighted by Gasteiger charge is -2.43. The summed E-state index contributed by atoms with van der Waals surface area (Å²) in [6.45, 7) is 7.95. The molecule has 36 heavy (non-hydrogen) atoms. The van der Waals surface area contributed by atoms with E-state index in [1.807, 2.05) is 23.1 Å². The molecule has 8 nitrogen and oxygen atoms in total. The number of amides is 1. The number of hydrogen-bond donors (Lipinski definition) is 3. The second-order valence-corrected chi connectivity index (χ2v) is 11.8. The van der Waals surface area contributed by atoms with E-state index < -0.39 is 11.7 Å². The maximum Gasteiger partial charge on any atom is 0.225 e. The molecule has 1 saturated carbocycles. The number of carbonyl (C=O) groups excluding carboxylic acids is 1. The van der Waals surface area contributed by atoms with Crippen molar-refractivity contribution < 1.29 is 24.2 Å². The molecule has 4 N–H and O–H groups in total. The normalized spacial score (nSPS) is 26.9. The fourth-order valence-corrected chi connectivity index (χ4v) is 5.89. The van der Waals surface area contributed by atoms with E-state index in [1.54, 1.807) is 7.11 Å². The average molecular weight is 502 g/mol. The Labute approximate surface area is 214 Å². The van der Waals surface area contributed by atoms with Crippen LogP contribution in [-0.2, 0) is 20.5 Å². The summed E-state index contributed by atoms with van der Waals surface area (Å²) in [6.07, 6.45) is 4.09. The van der Waals surface area contributed by atoms with Gasteiger partial charge in [-0.2, -0.15) is 0 Å². The zero-order valence-electron chi connectivity index (χ0n) is 22.2. The molecule has 4 rings (SSSR count). The van der Waals surface area contributed by atoms with Gasteiger partial charge in [-0.3, -0.25) is 4.79 Å². The molecular weight excluding hydrogens is 458 g/mol. The summed E-state index contributed by atoms with van der Waals surface area (Å²) in [5, 5.41) is 22.5. The molecular formula is C28H43N3O5. The van der Waals surface area contributed by atoms with Crippen LogP contribution in [0.4, 0.5) is 0 Å². The molecule has 200 valence electrons.